The molecule has 2 nitrogen and oxygen atoms in total. The number of nitrogens with one attached hydrogen (secondary N) is 1. The van der Waals surface area contributed by atoms with Gasteiger partial charge in [-0.15, -0.1) is 0 Å². The number of benzene rings is 2. The topological polar surface area (TPSA) is 35.8 Å². The molecule has 0 saturated heterocycles. The number of hydrogen-bond donors (Lipinski definition) is 1. The van der Waals surface area contributed by atoms with Crippen molar-refractivity contribution >= 4 is 33.2 Å². The summed E-state index contributed by atoms with van der Waals surface area (Å²) in [6.07, 6.45) is 0. The third-order valence-corrected chi connectivity index (χ3v) is 3.62. The van der Waals surface area contributed by atoms with E-state index in [2.05, 4.69) is 46.4 Å². The molecule has 0 aliphatic heterocycles. The van der Waals surface area contributed by atoms with Crippen molar-refractivity contribution in [1.29, 1.82) is 5.26 Å². The number of nitrogens with zero attached hydrogens (tertiary/aromatic N) is 1. The molecule has 0 saturated carbocycles. The molecular formula is C15H12BrClN2. The van der Waals surface area contributed by atoms with Gasteiger partial charge < -0.3 is 5.32 Å². The van der Waals surface area contributed by atoms with E-state index in [9.17, 15) is 0 Å². The average molecular weight is 336 g/mol. The largest absolute Gasteiger partial charge is 0.377 e. The summed E-state index contributed by atoms with van der Waals surface area (Å²) in [5.74, 6) is 0. The van der Waals surface area contributed by atoms with Gasteiger partial charge in [-0.3, -0.25) is 0 Å². The van der Waals surface area contributed by atoms with Gasteiger partial charge in [0, 0.05) is 10.5 Å². The van der Waals surface area contributed by atoms with Crippen LogP contribution in [0, 0.1) is 11.3 Å². The molecule has 0 spiro atoms. The Morgan fingerprint density at radius 1 is 1.26 bits per heavy atom. The van der Waals surface area contributed by atoms with E-state index < -0.39 is 0 Å². The Labute approximate surface area is 126 Å². The third kappa shape index (κ3) is 3.50. The Balaban J connectivity index is 2.20. The Kier molecular flexibility index (Phi) is 4.47. The molecule has 0 bridgehead atoms. The van der Waals surface area contributed by atoms with Crippen LogP contribution in [-0.4, -0.2) is 0 Å². The number of halogens is 2. The van der Waals surface area contributed by atoms with E-state index in [0.29, 0.717) is 10.6 Å². The molecule has 0 radical (unpaired) electrons. The molecule has 2 rings (SSSR count). The van der Waals surface area contributed by atoms with Crippen molar-refractivity contribution in [2.45, 2.75) is 13.0 Å². The molecule has 96 valence electrons. The molecule has 2 aromatic rings. The molecule has 0 aromatic heterocycles. The van der Waals surface area contributed by atoms with Gasteiger partial charge in [0.2, 0.25) is 0 Å². The van der Waals surface area contributed by atoms with Crippen molar-refractivity contribution < 1.29 is 0 Å². The molecular weight excluding hydrogens is 324 g/mol. The Morgan fingerprint density at radius 2 is 2.05 bits per heavy atom. The highest BCUT2D eigenvalue weighted by Crippen LogP contribution is 2.27. The quantitative estimate of drug-likeness (QED) is 0.842. The fourth-order valence-electron chi connectivity index (χ4n) is 1.79. The van der Waals surface area contributed by atoms with E-state index >= 15 is 0 Å². The smallest absolute Gasteiger partial charge is 0.0992 e. The molecule has 1 unspecified atom stereocenters. The average Bonchev–Trinajstić information content (AvgIpc) is 2.41. The van der Waals surface area contributed by atoms with E-state index in [4.69, 9.17) is 16.9 Å². The van der Waals surface area contributed by atoms with Crippen molar-refractivity contribution in [2.75, 3.05) is 5.32 Å². The third-order valence-electron chi connectivity index (χ3n) is 2.82. The summed E-state index contributed by atoms with van der Waals surface area (Å²) in [4.78, 5) is 0. The minimum Gasteiger partial charge on any atom is -0.377 e. The minimum absolute atomic E-state index is 0.128. The predicted octanol–water partition coefficient (Wildman–Crippen LogP) is 5.15. The fraction of sp³-hybridized carbons (Fsp3) is 0.133. The highest BCUT2D eigenvalue weighted by molar-refractivity contribution is 9.10. The summed E-state index contributed by atoms with van der Waals surface area (Å²) in [7, 11) is 0. The van der Waals surface area contributed by atoms with Crippen LogP contribution in [0.2, 0.25) is 5.02 Å². The van der Waals surface area contributed by atoms with Gasteiger partial charge >= 0.3 is 0 Å². The molecule has 1 N–H and O–H groups in total. The van der Waals surface area contributed by atoms with Crippen LogP contribution in [0.4, 0.5) is 5.69 Å². The van der Waals surface area contributed by atoms with Gasteiger partial charge in [0.1, 0.15) is 0 Å². The second-order valence-corrected chi connectivity index (χ2v) is 5.55. The SMILES string of the molecule is CC(Nc1ccc(C#N)cc1Cl)c1cccc(Br)c1. The van der Waals surface area contributed by atoms with E-state index in [1.165, 1.54) is 0 Å². The zero-order valence-electron chi connectivity index (χ0n) is 10.3. The van der Waals surface area contributed by atoms with Gasteiger partial charge in [-0.05, 0) is 42.8 Å². The van der Waals surface area contributed by atoms with Crippen LogP contribution >= 0.6 is 27.5 Å². The highest BCUT2D eigenvalue weighted by Gasteiger charge is 2.08. The van der Waals surface area contributed by atoms with Crippen LogP contribution in [-0.2, 0) is 0 Å². The normalized spacial score (nSPS) is 11.7. The molecule has 1 atom stereocenters. The summed E-state index contributed by atoms with van der Waals surface area (Å²) >= 11 is 9.61. The van der Waals surface area contributed by atoms with Crippen molar-refractivity contribution in [3.8, 4) is 6.07 Å². The lowest BCUT2D eigenvalue weighted by atomic mass is 10.1. The van der Waals surface area contributed by atoms with Gasteiger partial charge in [-0.2, -0.15) is 5.26 Å². The highest BCUT2D eigenvalue weighted by atomic mass is 79.9. The van der Waals surface area contributed by atoms with Gasteiger partial charge in [-0.1, -0.05) is 39.7 Å². The molecule has 19 heavy (non-hydrogen) atoms. The van der Waals surface area contributed by atoms with Crippen molar-refractivity contribution in [3.63, 3.8) is 0 Å². The molecule has 4 heteroatoms. The number of rotatable bonds is 3. The summed E-state index contributed by atoms with van der Waals surface area (Å²) in [5, 5.41) is 12.7. The van der Waals surface area contributed by atoms with E-state index in [1.807, 2.05) is 18.2 Å². The first-order valence-corrected chi connectivity index (χ1v) is 6.99. The van der Waals surface area contributed by atoms with Crippen molar-refractivity contribution in [2.24, 2.45) is 0 Å². The maximum atomic E-state index is 8.81. The summed E-state index contributed by atoms with van der Waals surface area (Å²) in [6.45, 7) is 2.07. The lowest BCUT2D eigenvalue weighted by Gasteiger charge is -2.17. The predicted molar refractivity (Wildman–Crippen MR) is 82.3 cm³/mol. The molecule has 0 heterocycles. The first kappa shape index (κ1) is 13.9. The number of anilines is 1. The second-order valence-electron chi connectivity index (χ2n) is 4.23. The fourth-order valence-corrected chi connectivity index (χ4v) is 2.45. The maximum Gasteiger partial charge on any atom is 0.0992 e. The van der Waals surface area contributed by atoms with Crippen LogP contribution in [0.5, 0.6) is 0 Å². The van der Waals surface area contributed by atoms with E-state index in [0.717, 1.165) is 15.7 Å². The van der Waals surface area contributed by atoms with Crippen LogP contribution in [0.25, 0.3) is 0 Å². The van der Waals surface area contributed by atoms with Crippen LogP contribution < -0.4 is 5.32 Å². The maximum absolute atomic E-state index is 8.81. The van der Waals surface area contributed by atoms with Gasteiger partial charge in [0.25, 0.3) is 0 Å². The van der Waals surface area contributed by atoms with Crippen LogP contribution in [0.3, 0.4) is 0 Å². The van der Waals surface area contributed by atoms with Crippen molar-refractivity contribution in [3.05, 3.63) is 63.1 Å². The first-order chi connectivity index (χ1) is 9.10. The summed E-state index contributed by atoms with van der Waals surface area (Å²) in [6, 6.07) is 15.6. The summed E-state index contributed by atoms with van der Waals surface area (Å²) in [5.41, 5.74) is 2.55. The van der Waals surface area contributed by atoms with Gasteiger partial charge in [-0.25, -0.2) is 0 Å². The zero-order chi connectivity index (χ0) is 13.8. The van der Waals surface area contributed by atoms with Gasteiger partial charge in [0.15, 0.2) is 0 Å². The van der Waals surface area contributed by atoms with E-state index in [-0.39, 0.29) is 6.04 Å². The second kappa shape index (κ2) is 6.10. The summed E-state index contributed by atoms with van der Waals surface area (Å²) < 4.78 is 1.05. The van der Waals surface area contributed by atoms with Crippen LogP contribution in [0.1, 0.15) is 24.1 Å². The zero-order valence-corrected chi connectivity index (χ0v) is 12.7. The van der Waals surface area contributed by atoms with Crippen molar-refractivity contribution in [1.82, 2.24) is 0 Å². The first-order valence-electron chi connectivity index (χ1n) is 5.82. The Hall–Kier alpha value is -1.50. The Bertz CT molecular complexity index is 634. The molecule has 0 aliphatic rings. The minimum atomic E-state index is 0.128. The Morgan fingerprint density at radius 3 is 2.68 bits per heavy atom. The molecule has 0 amide bonds. The van der Waals surface area contributed by atoms with E-state index in [1.54, 1.807) is 12.1 Å². The lowest BCUT2D eigenvalue weighted by molar-refractivity contribution is 0.884. The molecule has 2 aromatic carbocycles. The molecule has 0 aliphatic carbocycles. The standard InChI is InChI=1S/C15H12BrClN2/c1-10(12-3-2-4-13(16)8-12)19-15-6-5-11(9-18)7-14(15)17/h2-8,10,19H,1H3. The monoisotopic (exact) mass is 334 g/mol. The number of nitriles is 1. The van der Waals surface area contributed by atoms with Crippen LogP contribution in [0.15, 0.2) is 46.9 Å². The number of hydrogen-bond acceptors (Lipinski definition) is 2. The van der Waals surface area contributed by atoms with Gasteiger partial charge in [0.05, 0.1) is 22.3 Å². The molecule has 0 fully saturated rings. The lowest BCUT2D eigenvalue weighted by Crippen LogP contribution is -2.07.